The van der Waals surface area contributed by atoms with Crippen LogP contribution in [-0.4, -0.2) is 12.1 Å². The number of hydrogen-bond donors (Lipinski definition) is 0. The van der Waals surface area contributed by atoms with E-state index in [9.17, 15) is 0 Å². The fraction of sp³-hybridized carbons (Fsp3) is 0.150. The van der Waals surface area contributed by atoms with Gasteiger partial charge in [0, 0.05) is 12.4 Å². The molecule has 0 saturated carbocycles. The molecular weight excluding hydrogens is 270 g/mol. The summed E-state index contributed by atoms with van der Waals surface area (Å²) in [4.78, 5) is 4.19. The highest BCUT2D eigenvalue weighted by molar-refractivity contribution is 5.62. The minimum absolute atomic E-state index is 0.918. The van der Waals surface area contributed by atoms with Crippen molar-refractivity contribution in [2.45, 2.75) is 12.8 Å². The van der Waals surface area contributed by atoms with Crippen LogP contribution in [0.2, 0.25) is 0 Å². The van der Waals surface area contributed by atoms with Gasteiger partial charge in [-0.1, -0.05) is 42.5 Å². The molecule has 0 atom stereocenters. The van der Waals surface area contributed by atoms with Crippen LogP contribution in [0.25, 0.3) is 11.1 Å². The molecule has 0 aliphatic heterocycles. The van der Waals surface area contributed by atoms with E-state index in [2.05, 4.69) is 47.4 Å². The van der Waals surface area contributed by atoms with Crippen LogP contribution in [0.15, 0.2) is 73.1 Å². The molecule has 0 N–H and O–H groups in total. The zero-order valence-electron chi connectivity index (χ0n) is 12.7. The Bertz CT molecular complexity index is 737. The lowest BCUT2D eigenvalue weighted by Crippen LogP contribution is -1.93. The number of nitrogens with zero attached hydrogens (tertiary/aromatic N) is 1. The summed E-state index contributed by atoms with van der Waals surface area (Å²) in [6.45, 7) is 0. The lowest BCUT2D eigenvalue weighted by atomic mass is 10.00. The number of hydrogen-bond acceptors (Lipinski definition) is 2. The first-order valence-electron chi connectivity index (χ1n) is 7.47. The van der Waals surface area contributed by atoms with E-state index in [0.29, 0.717) is 0 Å². The van der Waals surface area contributed by atoms with Crippen molar-refractivity contribution in [2.24, 2.45) is 0 Å². The average molecular weight is 289 g/mol. The molecule has 0 radical (unpaired) electrons. The van der Waals surface area contributed by atoms with Crippen molar-refractivity contribution in [2.75, 3.05) is 7.11 Å². The maximum Gasteiger partial charge on any atom is 0.119 e. The van der Waals surface area contributed by atoms with E-state index >= 15 is 0 Å². The minimum Gasteiger partial charge on any atom is -0.497 e. The van der Waals surface area contributed by atoms with Gasteiger partial charge < -0.3 is 4.74 Å². The molecule has 0 aliphatic carbocycles. The Morgan fingerprint density at radius 1 is 0.818 bits per heavy atom. The predicted molar refractivity (Wildman–Crippen MR) is 90.1 cm³/mol. The summed E-state index contributed by atoms with van der Waals surface area (Å²) < 4.78 is 5.28. The summed E-state index contributed by atoms with van der Waals surface area (Å²) in [7, 11) is 1.70. The van der Waals surface area contributed by atoms with E-state index in [0.717, 1.165) is 24.2 Å². The molecule has 1 heterocycles. The predicted octanol–water partition coefficient (Wildman–Crippen LogP) is 4.54. The normalized spacial score (nSPS) is 10.4. The molecule has 0 fully saturated rings. The number of pyridine rings is 1. The minimum atomic E-state index is 0.918. The van der Waals surface area contributed by atoms with Crippen LogP contribution in [0.3, 0.4) is 0 Å². The summed E-state index contributed by atoms with van der Waals surface area (Å²) >= 11 is 0. The second-order valence-electron chi connectivity index (χ2n) is 5.29. The molecule has 0 aliphatic rings. The molecule has 2 nitrogen and oxygen atoms in total. The van der Waals surface area contributed by atoms with Crippen molar-refractivity contribution in [1.82, 2.24) is 4.98 Å². The van der Waals surface area contributed by atoms with Gasteiger partial charge in [-0.25, -0.2) is 0 Å². The first kappa shape index (κ1) is 14.3. The second kappa shape index (κ2) is 6.90. The molecule has 3 rings (SSSR count). The summed E-state index contributed by atoms with van der Waals surface area (Å²) in [5.74, 6) is 0.918. The van der Waals surface area contributed by atoms with Crippen molar-refractivity contribution in [1.29, 1.82) is 0 Å². The number of ether oxygens (including phenoxy) is 1. The molecule has 0 amide bonds. The van der Waals surface area contributed by atoms with Crippen LogP contribution < -0.4 is 4.74 Å². The topological polar surface area (TPSA) is 22.1 Å². The van der Waals surface area contributed by atoms with E-state index in [-0.39, 0.29) is 0 Å². The van der Waals surface area contributed by atoms with Gasteiger partial charge in [0.2, 0.25) is 0 Å². The molecule has 110 valence electrons. The Morgan fingerprint density at radius 3 is 2.27 bits per heavy atom. The lowest BCUT2D eigenvalue weighted by Gasteiger charge is -2.07. The van der Waals surface area contributed by atoms with Crippen molar-refractivity contribution in [3.63, 3.8) is 0 Å². The highest BCUT2D eigenvalue weighted by Crippen LogP contribution is 2.20. The molecule has 2 heteroatoms. The number of aromatic nitrogens is 1. The van der Waals surface area contributed by atoms with Gasteiger partial charge in [0.15, 0.2) is 0 Å². The first-order chi connectivity index (χ1) is 10.8. The van der Waals surface area contributed by atoms with Crippen molar-refractivity contribution in [3.05, 3.63) is 84.2 Å². The van der Waals surface area contributed by atoms with E-state index in [1.54, 1.807) is 13.3 Å². The van der Waals surface area contributed by atoms with Gasteiger partial charge in [0.1, 0.15) is 5.75 Å². The van der Waals surface area contributed by atoms with Gasteiger partial charge in [0.25, 0.3) is 0 Å². The third-order valence-corrected chi connectivity index (χ3v) is 3.76. The number of aryl methyl sites for hydroxylation is 2. The van der Waals surface area contributed by atoms with Crippen LogP contribution in [0.5, 0.6) is 5.75 Å². The molecule has 22 heavy (non-hydrogen) atoms. The number of methoxy groups -OCH3 is 1. The van der Waals surface area contributed by atoms with Crippen molar-refractivity contribution >= 4 is 0 Å². The summed E-state index contributed by atoms with van der Waals surface area (Å²) in [6, 6.07) is 21.0. The Balaban J connectivity index is 1.73. The molecule has 0 saturated heterocycles. The van der Waals surface area contributed by atoms with Gasteiger partial charge >= 0.3 is 0 Å². The fourth-order valence-corrected chi connectivity index (χ4v) is 2.56. The van der Waals surface area contributed by atoms with Crippen LogP contribution in [0.4, 0.5) is 0 Å². The van der Waals surface area contributed by atoms with Gasteiger partial charge in [-0.2, -0.15) is 0 Å². The van der Waals surface area contributed by atoms with Crippen molar-refractivity contribution in [3.8, 4) is 16.9 Å². The SMILES string of the molecule is COc1cccc(CCc2cccc(-c3cccnc3)c2)c1. The molecule has 3 aromatic rings. The van der Waals surface area contributed by atoms with Crippen molar-refractivity contribution < 1.29 is 4.74 Å². The molecule has 2 aromatic carbocycles. The second-order valence-corrected chi connectivity index (χ2v) is 5.29. The maximum atomic E-state index is 5.28. The number of benzene rings is 2. The summed E-state index contributed by atoms with van der Waals surface area (Å²) in [5, 5.41) is 0. The highest BCUT2D eigenvalue weighted by Gasteiger charge is 2.01. The third-order valence-electron chi connectivity index (χ3n) is 3.76. The van der Waals surface area contributed by atoms with Gasteiger partial charge in [0.05, 0.1) is 7.11 Å². The Hall–Kier alpha value is -2.61. The Labute approximate surface area is 131 Å². The maximum absolute atomic E-state index is 5.28. The van der Waals surface area contributed by atoms with E-state index in [1.807, 2.05) is 24.4 Å². The van der Waals surface area contributed by atoms with E-state index in [4.69, 9.17) is 4.74 Å². The van der Waals surface area contributed by atoms with Crippen LogP contribution in [0.1, 0.15) is 11.1 Å². The van der Waals surface area contributed by atoms with Gasteiger partial charge in [-0.05, 0) is 53.3 Å². The lowest BCUT2D eigenvalue weighted by molar-refractivity contribution is 0.414. The Morgan fingerprint density at radius 2 is 1.55 bits per heavy atom. The molecule has 1 aromatic heterocycles. The van der Waals surface area contributed by atoms with Crippen LogP contribution >= 0.6 is 0 Å². The molecule has 0 bridgehead atoms. The van der Waals surface area contributed by atoms with Crippen LogP contribution in [0, 0.1) is 0 Å². The fourth-order valence-electron chi connectivity index (χ4n) is 2.56. The monoisotopic (exact) mass is 289 g/mol. The van der Waals surface area contributed by atoms with E-state index in [1.165, 1.54) is 16.7 Å². The third kappa shape index (κ3) is 3.53. The van der Waals surface area contributed by atoms with E-state index < -0.39 is 0 Å². The molecule has 0 spiro atoms. The van der Waals surface area contributed by atoms with Gasteiger partial charge in [-0.3, -0.25) is 4.98 Å². The molecular formula is C20H19NO. The van der Waals surface area contributed by atoms with Gasteiger partial charge in [-0.15, -0.1) is 0 Å². The zero-order valence-corrected chi connectivity index (χ0v) is 12.7. The first-order valence-corrected chi connectivity index (χ1v) is 7.47. The largest absolute Gasteiger partial charge is 0.497 e. The average Bonchev–Trinajstić information content (AvgIpc) is 2.61. The quantitative estimate of drug-likeness (QED) is 0.688. The zero-order chi connectivity index (χ0) is 15.2. The summed E-state index contributed by atoms with van der Waals surface area (Å²) in [6.07, 6.45) is 5.73. The molecule has 0 unspecified atom stereocenters. The smallest absolute Gasteiger partial charge is 0.119 e. The van der Waals surface area contributed by atoms with Crippen LogP contribution in [-0.2, 0) is 12.8 Å². The Kier molecular flexibility index (Phi) is 4.50. The number of rotatable bonds is 5. The highest BCUT2D eigenvalue weighted by atomic mass is 16.5. The summed E-state index contributed by atoms with van der Waals surface area (Å²) in [5.41, 5.74) is 5.01. The standard InChI is InChI=1S/C20H19NO/c1-22-20-9-3-6-17(14-20)11-10-16-5-2-7-18(13-16)19-8-4-12-21-15-19/h2-9,12-15H,10-11H2,1H3.